The van der Waals surface area contributed by atoms with Gasteiger partial charge in [0.1, 0.15) is 12.4 Å². The number of hydrogen-bond donors (Lipinski definition) is 0. The molecule has 216 valence electrons. The van der Waals surface area contributed by atoms with Gasteiger partial charge in [-0.3, -0.25) is 9.59 Å². The van der Waals surface area contributed by atoms with Crippen LogP contribution in [0.3, 0.4) is 0 Å². The minimum atomic E-state index is -0.0629. The molecule has 0 spiro atoms. The highest BCUT2D eigenvalue weighted by molar-refractivity contribution is 7.14. The fourth-order valence-electron chi connectivity index (χ4n) is 6.50. The van der Waals surface area contributed by atoms with Crippen LogP contribution in [0.15, 0.2) is 41.8 Å². The van der Waals surface area contributed by atoms with Crippen molar-refractivity contribution < 1.29 is 23.8 Å². The second kappa shape index (κ2) is 11.8. The summed E-state index contributed by atoms with van der Waals surface area (Å²) in [6.07, 6.45) is 2.13. The molecule has 1 saturated carbocycles. The average Bonchev–Trinajstić information content (AvgIpc) is 3.59. The topological polar surface area (TPSA) is 81.2 Å². The van der Waals surface area contributed by atoms with E-state index in [4.69, 9.17) is 19.2 Å². The quantitative estimate of drug-likeness (QED) is 0.362. The number of fused-ring (bicyclic) bond motifs is 2. The number of nitrogens with zero attached hydrogens (tertiary/aromatic N) is 3. The van der Waals surface area contributed by atoms with E-state index in [-0.39, 0.29) is 17.8 Å². The number of amides is 1. The number of aromatic nitrogens is 1. The van der Waals surface area contributed by atoms with Crippen molar-refractivity contribution in [2.24, 2.45) is 17.8 Å². The number of aryl methyl sites for hydroxylation is 2. The third-order valence-electron chi connectivity index (χ3n) is 8.75. The summed E-state index contributed by atoms with van der Waals surface area (Å²) in [4.78, 5) is 34.5. The predicted octanol–water partition coefficient (Wildman–Crippen LogP) is 5.11. The molecule has 6 rings (SSSR count). The van der Waals surface area contributed by atoms with Gasteiger partial charge in [-0.05, 0) is 73.9 Å². The van der Waals surface area contributed by atoms with Gasteiger partial charge in [-0.25, -0.2) is 4.98 Å². The zero-order valence-electron chi connectivity index (χ0n) is 23.9. The van der Waals surface area contributed by atoms with E-state index in [1.54, 1.807) is 11.3 Å². The zero-order valence-corrected chi connectivity index (χ0v) is 24.7. The first kappa shape index (κ1) is 27.7. The predicted molar refractivity (Wildman–Crippen MR) is 158 cm³/mol. The number of piperidine rings is 1. The number of anilines is 1. The number of methoxy groups -OCH3 is 1. The average molecular weight is 576 g/mol. The van der Waals surface area contributed by atoms with Crippen LogP contribution >= 0.6 is 11.3 Å². The van der Waals surface area contributed by atoms with Gasteiger partial charge >= 0.3 is 5.97 Å². The van der Waals surface area contributed by atoms with Crippen molar-refractivity contribution in [1.29, 1.82) is 0 Å². The van der Waals surface area contributed by atoms with Gasteiger partial charge < -0.3 is 24.0 Å². The Bertz CT molecular complexity index is 1420. The number of thiazole rings is 1. The van der Waals surface area contributed by atoms with Crippen molar-refractivity contribution in [3.8, 4) is 17.0 Å². The third-order valence-corrected chi connectivity index (χ3v) is 9.65. The summed E-state index contributed by atoms with van der Waals surface area (Å²) in [6, 6.07) is 12.0. The Labute approximate surface area is 245 Å². The van der Waals surface area contributed by atoms with Crippen LogP contribution in [-0.2, 0) is 20.9 Å². The van der Waals surface area contributed by atoms with Crippen molar-refractivity contribution in [2.45, 2.75) is 33.3 Å². The largest absolute Gasteiger partial charge is 0.488 e. The van der Waals surface area contributed by atoms with Crippen molar-refractivity contribution >= 4 is 28.3 Å². The number of carbonyl (C=O) groups is 2. The smallest absolute Gasteiger partial charge is 0.309 e. The lowest BCUT2D eigenvalue weighted by Crippen LogP contribution is -2.45. The van der Waals surface area contributed by atoms with Crippen molar-refractivity contribution in [1.82, 2.24) is 9.88 Å². The van der Waals surface area contributed by atoms with E-state index in [1.165, 1.54) is 7.11 Å². The van der Waals surface area contributed by atoms with Crippen LogP contribution in [0, 0.1) is 31.6 Å². The van der Waals surface area contributed by atoms with Crippen LogP contribution in [0.2, 0.25) is 0 Å². The Balaban J connectivity index is 1.15. The molecule has 2 saturated heterocycles. The highest BCUT2D eigenvalue weighted by Gasteiger charge is 2.47. The molecule has 41 heavy (non-hydrogen) atoms. The van der Waals surface area contributed by atoms with Gasteiger partial charge in [-0.1, -0.05) is 17.7 Å². The first-order valence-electron chi connectivity index (χ1n) is 14.4. The van der Waals surface area contributed by atoms with Crippen LogP contribution in [0.1, 0.15) is 39.9 Å². The number of carbonyl (C=O) groups excluding carboxylic acids is 2. The molecule has 2 unspecified atom stereocenters. The molecule has 2 aliphatic heterocycles. The maximum Gasteiger partial charge on any atom is 0.309 e. The Morgan fingerprint density at radius 2 is 1.80 bits per heavy atom. The number of ether oxygens (including phenoxy) is 3. The monoisotopic (exact) mass is 575 g/mol. The van der Waals surface area contributed by atoms with Gasteiger partial charge in [0.2, 0.25) is 0 Å². The molecule has 0 radical (unpaired) electrons. The number of hydrogen-bond acceptors (Lipinski definition) is 8. The van der Waals surface area contributed by atoms with Crippen LogP contribution in [0.25, 0.3) is 11.3 Å². The Morgan fingerprint density at radius 3 is 2.51 bits per heavy atom. The standard InChI is InChI=1S/C32H37N3O5S/c1-20-4-9-28(40-18-25-8-5-22(15-21(25)2)30(36)34-10-12-39-13-11-34)26(14-20)27-19-41-32(33-27)35-16-23-6-7-24(17-35)29(23)31(37)38-3/h4-5,8-9,14-15,19,23-24,29H,6-7,10-13,16-18H2,1-3H3. The van der Waals surface area contributed by atoms with Crippen LogP contribution in [0.5, 0.6) is 5.75 Å². The third kappa shape index (κ3) is 5.70. The molecule has 3 fully saturated rings. The summed E-state index contributed by atoms with van der Waals surface area (Å²) in [5, 5.41) is 3.09. The molecular weight excluding hydrogens is 538 g/mol. The van der Waals surface area contributed by atoms with Crippen molar-refractivity contribution in [2.75, 3.05) is 51.4 Å². The molecule has 2 aromatic carbocycles. The number of morpholine rings is 1. The summed E-state index contributed by atoms with van der Waals surface area (Å²) >= 11 is 1.64. The normalized spacial score (nSPS) is 22.1. The number of esters is 1. The van der Waals surface area contributed by atoms with Crippen LogP contribution < -0.4 is 9.64 Å². The van der Waals surface area contributed by atoms with E-state index in [9.17, 15) is 9.59 Å². The van der Waals surface area contributed by atoms with Gasteiger partial charge in [-0.2, -0.15) is 0 Å². The fraction of sp³-hybridized carbons (Fsp3) is 0.469. The highest BCUT2D eigenvalue weighted by atomic mass is 32.1. The second-order valence-corrected chi connectivity index (χ2v) is 12.2. The van der Waals surface area contributed by atoms with Crippen LogP contribution in [-0.4, -0.2) is 68.3 Å². The summed E-state index contributed by atoms with van der Waals surface area (Å²) in [6.45, 7) is 8.60. The molecule has 9 heteroatoms. The summed E-state index contributed by atoms with van der Waals surface area (Å²) in [5.41, 5.74) is 5.77. The van der Waals surface area contributed by atoms with Crippen molar-refractivity contribution in [3.63, 3.8) is 0 Å². The van der Waals surface area contributed by atoms with Gasteiger partial charge in [0.25, 0.3) is 5.91 Å². The maximum absolute atomic E-state index is 12.9. The van der Waals surface area contributed by atoms with Gasteiger partial charge in [-0.15, -0.1) is 11.3 Å². The SMILES string of the molecule is COC(=O)C1C2CCC1CN(c1nc(-c3cc(C)ccc3OCc3ccc(C(=O)N4CCOCC4)cc3C)cs1)C2. The van der Waals surface area contributed by atoms with E-state index < -0.39 is 0 Å². The van der Waals surface area contributed by atoms with E-state index in [2.05, 4.69) is 29.3 Å². The first-order valence-corrected chi connectivity index (χ1v) is 15.3. The Kier molecular flexibility index (Phi) is 7.99. The number of benzene rings is 2. The van der Waals surface area contributed by atoms with E-state index in [1.807, 2.05) is 36.1 Å². The zero-order chi connectivity index (χ0) is 28.5. The molecule has 1 aliphatic carbocycles. The Hall–Kier alpha value is -3.43. The highest BCUT2D eigenvalue weighted by Crippen LogP contribution is 2.45. The summed E-state index contributed by atoms with van der Waals surface area (Å²) in [7, 11) is 1.49. The molecule has 1 amide bonds. The molecular formula is C32H37N3O5S. The molecule has 2 atom stereocenters. The van der Waals surface area contributed by atoms with Gasteiger partial charge in [0, 0.05) is 42.7 Å². The lowest BCUT2D eigenvalue weighted by atomic mass is 9.85. The van der Waals surface area contributed by atoms with Gasteiger partial charge in [0.15, 0.2) is 5.13 Å². The van der Waals surface area contributed by atoms with Gasteiger partial charge in [0.05, 0.1) is 31.9 Å². The molecule has 0 N–H and O–H groups in total. The number of rotatable bonds is 7. The summed E-state index contributed by atoms with van der Waals surface area (Å²) in [5.74, 6) is 1.43. The second-order valence-electron chi connectivity index (χ2n) is 11.4. The molecule has 3 aromatic rings. The lowest BCUT2D eigenvalue weighted by molar-refractivity contribution is -0.148. The first-order chi connectivity index (χ1) is 19.9. The molecule has 2 bridgehead atoms. The lowest BCUT2D eigenvalue weighted by Gasteiger charge is -2.36. The minimum Gasteiger partial charge on any atom is -0.488 e. The molecule has 8 nitrogen and oxygen atoms in total. The van der Waals surface area contributed by atoms with Crippen molar-refractivity contribution in [3.05, 3.63) is 64.0 Å². The molecule has 1 aromatic heterocycles. The van der Waals surface area contributed by atoms with E-state index >= 15 is 0 Å². The minimum absolute atomic E-state index is 0.0162. The van der Waals surface area contributed by atoms with Crippen LogP contribution in [0.4, 0.5) is 5.13 Å². The molecule has 3 heterocycles. The molecule has 3 aliphatic rings. The fourth-order valence-corrected chi connectivity index (χ4v) is 7.34. The summed E-state index contributed by atoms with van der Waals surface area (Å²) < 4.78 is 16.8. The Morgan fingerprint density at radius 1 is 1.05 bits per heavy atom. The van der Waals surface area contributed by atoms with E-state index in [0.29, 0.717) is 50.3 Å². The maximum atomic E-state index is 12.9. The van der Waals surface area contributed by atoms with E-state index in [0.717, 1.165) is 64.8 Å².